The first-order valence-corrected chi connectivity index (χ1v) is 8.68. The highest BCUT2D eigenvalue weighted by atomic mass is 127. The summed E-state index contributed by atoms with van der Waals surface area (Å²) in [6.45, 7) is 0.0372. The molecule has 25 heavy (non-hydrogen) atoms. The number of aliphatic hydroxyl groups is 1. The Hall–Kier alpha value is -2.30. The van der Waals surface area contributed by atoms with E-state index in [4.69, 9.17) is 18.0 Å². The van der Waals surface area contributed by atoms with Gasteiger partial charge in [-0.2, -0.15) is 0 Å². The number of carbonyl (C=O) groups is 1. The Labute approximate surface area is 164 Å². The lowest BCUT2D eigenvalue weighted by atomic mass is 10.1. The Bertz CT molecular complexity index is 868. The van der Waals surface area contributed by atoms with Gasteiger partial charge in [-0.1, -0.05) is 29.7 Å². The molecule has 2 aromatic carbocycles. The summed E-state index contributed by atoms with van der Waals surface area (Å²) in [5.74, 6) is 1.51. The molecule has 0 aliphatic heterocycles. The molecule has 0 saturated carbocycles. The molecule has 4 nitrogen and oxygen atoms in total. The van der Waals surface area contributed by atoms with Gasteiger partial charge in [-0.3, -0.25) is 9.79 Å². The number of rotatable bonds is 5. The average molecular weight is 465 g/mol. The molecule has 2 N–H and O–H groups in total. The second kappa shape index (κ2) is 9.25. The number of hydrogen-bond acceptors (Lipinski definition) is 3. The summed E-state index contributed by atoms with van der Waals surface area (Å²) in [5.41, 5.74) is 0.959. The van der Waals surface area contributed by atoms with Gasteiger partial charge < -0.3 is 10.4 Å². The maximum atomic E-state index is 12.3. The summed E-state index contributed by atoms with van der Waals surface area (Å²) in [5, 5.41) is 13.4. The number of aliphatic imine (C=N–C) groups is 1. The number of hydrogen-bond donors (Lipinski definition) is 2. The van der Waals surface area contributed by atoms with E-state index in [0.717, 1.165) is 3.57 Å². The Morgan fingerprint density at radius 2 is 1.96 bits per heavy atom. The monoisotopic (exact) mass is 464 g/mol. The third kappa shape index (κ3) is 5.34. The largest absolute Gasteiger partial charge is 0.506 e. The third-order valence-electron chi connectivity index (χ3n) is 3.15. The standard InChI is InChI=1S/C19H14ClIN2O2/c1-2-11-22-19(25)16(12-23-14-9-7-13(21)8-10-14)18(24)15-5-3-4-6-17(15)20/h1,3-10,12,24H,11H2,(H,22,25)/b18-16+,23-12?. The predicted octanol–water partition coefficient (Wildman–Crippen LogP) is 4.37. The summed E-state index contributed by atoms with van der Waals surface area (Å²) in [6, 6.07) is 14.1. The maximum absolute atomic E-state index is 12.3. The van der Waals surface area contributed by atoms with Crippen molar-refractivity contribution < 1.29 is 9.90 Å². The van der Waals surface area contributed by atoms with Gasteiger partial charge in [-0.25, -0.2) is 0 Å². The molecule has 2 rings (SSSR count). The zero-order valence-corrected chi connectivity index (χ0v) is 16.0. The molecule has 0 aliphatic rings. The Balaban J connectivity index is 2.44. The van der Waals surface area contributed by atoms with E-state index in [1.807, 2.05) is 24.3 Å². The van der Waals surface area contributed by atoms with Gasteiger partial charge >= 0.3 is 0 Å². The average Bonchev–Trinajstić information content (AvgIpc) is 2.61. The molecule has 0 saturated heterocycles. The lowest BCUT2D eigenvalue weighted by molar-refractivity contribution is -0.116. The van der Waals surface area contributed by atoms with Crippen molar-refractivity contribution >= 4 is 57.8 Å². The number of nitrogens with zero attached hydrogens (tertiary/aromatic N) is 1. The summed E-state index contributed by atoms with van der Waals surface area (Å²) in [4.78, 5) is 16.6. The molecular weight excluding hydrogens is 451 g/mol. The number of nitrogens with one attached hydrogen (secondary N) is 1. The highest BCUT2D eigenvalue weighted by molar-refractivity contribution is 14.1. The minimum absolute atomic E-state index is 0.0260. The Kier molecular flexibility index (Phi) is 7.04. The molecule has 126 valence electrons. The molecule has 0 heterocycles. The van der Waals surface area contributed by atoms with Crippen molar-refractivity contribution in [1.29, 1.82) is 0 Å². The van der Waals surface area contributed by atoms with Crippen molar-refractivity contribution in [1.82, 2.24) is 5.32 Å². The van der Waals surface area contributed by atoms with Crippen LogP contribution in [0.25, 0.3) is 5.76 Å². The number of aliphatic hydroxyl groups excluding tert-OH is 1. The van der Waals surface area contributed by atoms with E-state index in [2.05, 4.69) is 38.8 Å². The van der Waals surface area contributed by atoms with Crippen LogP contribution in [-0.2, 0) is 4.79 Å². The van der Waals surface area contributed by atoms with E-state index in [-0.39, 0.29) is 17.9 Å². The van der Waals surface area contributed by atoms with Crippen molar-refractivity contribution in [2.45, 2.75) is 0 Å². The van der Waals surface area contributed by atoms with E-state index in [9.17, 15) is 9.90 Å². The van der Waals surface area contributed by atoms with Crippen molar-refractivity contribution in [2.24, 2.45) is 4.99 Å². The number of amides is 1. The van der Waals surface area contributed by atoms with E-state index in [1.165, 1.54) is 6.21 Å². The van der Waals surface area contributed by atoms with Gasteiger partial charge in [0.15, 0.2) is 0 Å². The van der Waals surface area contributed by atoms with Crippen LogP contribution in [0.1, 0.15) is 5.56 Å². The van der Waals surface area contributed by atoms with Crippen LogP contribution in [0.15, 0.2) is 59.1 Å². The second-order valence-corrected chi connectivity index (χ2v) is 6.52. The van der Waals surface area contributed by atoms with Gasteiger partial charge in [0.1, 0.15) is 11.3 Å². The molecule has 0 spiro atoms. The van der Waals surface area contributed by atoms with Crippen molar-refractivity contribution in [2.75, 3.05) is 6.54 Å². The Morgan fingerprint density at radius 1 is 1.28 bits per heavy atom. The molecule has 0 bridgehead atoms. The molecule has 0 aromatic heterocycles. The molecule has 0 unspecified atom stereocenters. The number of halogens is 2. The number of benzene rings is 2. The van der Waals surface area contributed by atoms with Crippen LogP contribution in [0.5, 0.6) is 0 Å². The molecule has 6 heteroatoms. The summed E-state index contributed by atoms with van der Waals surface area (Å²) in [6.07, 6.45) is 6.47. The molecule has 0 atom stereocenters. The normalized spacial score (nSPS) is 11.7. The molecule has 0 fully saturated rings. The fourth-order valence-electron chi connectivity index (χ4n) is 1.92. The lowest BCUT2D eigenvalue weighted by Crippen LogP contribution is -2.26. The van der Waals surface area contributed by atoms with Crippen molar-refractivity contribution in [3.63, 3.8) is 0 Å². The van der Waals surface area contributed by atoms with Crippen LogP contribution in [0, 0.1) is 15.9 Å². The maximum Gasteiger partial charge on any atom is 0.257 e. The number of carbonyl (C=O) groups excluding carboxylic acids is 1. The van der Waals surface area contributed by atoms with Crippen molar-refractivity contribution in [3.05, 3.63) is 68.3 Å². The van der Waals surface area contributed by atoms with Crippen LogP contribution >= 0.6 is 34.2 Å². The first kappa shape index (κ1) is 19.0. The van der Waals surface area contributed by atoms with E-state index in [1.54, 1.807) is 24.3 Å². The zero-order chi connectivity index (χ0) is 18.2. The number of terminal acetylenes is 1. The molecule has 0 aliphatic carbocycles. The topological polar surface area (TPSA) is 61.7 Å². The van der Waals surface area contributed by atoms with Crippen molar-refractivity contribution in [3.8, 4) is 12.3 Å². The summed E-state index contributed by atoms with van der Waals surface area (Å²) >= 11 is 8.29. The van der Waals surface area contributed by atoms with Gasteiger partial charge in [0.05, 0.1) is 17.3 Å². The van der Waals surface area contributed by atoms with Gasteiger partial charge in [0, 0.05) is 15.3 Å². The Morgan fingerprint density at radius 3 is 2.60 bits per heavy atom. The SMILES string of the molecule is C#CCNC(=O)/C(C=Nc1ccc(I)cc1)=C(/O)c1ccccc1Cl. The molecule has 0 radical (unpaired) electrons. The first-order valence-electron chi connectivity index (χ1n) is 7.22. The van der Waals surface area contributed by atoms with E-state index < -0.39 is 5.91 Å². The first-order chi connectivity index (χ1) is 12.0. The van der Waals surface area contributed by atoms with Gasteiger partial charge in [0.2, 0.25) is 0 Å². The zero-order valence-electron chi connectivity index (χ0n) is 13.0. The second-order valence-electron chi connectivity index (χ2n) is 4.86. The highest BCUT2D eigenvalue weighted by Gasteiger charge is 2.16. The van der Waals surface area contributed by atoms with Gasteiger partial charge in [-0.15, -0.1) is 6.42 Å². The van der Waals surface area contributed by atoms with Crippen LogP contribution in [0.4, 0.5) is 5.69 Å². The molecule has 1 amide bonds. The predicted molar refractivity (Wildman–Crippen MR) is 110 cm³/mol. The third-order valence-corrected chi connectivity index (χ3v) is 4.20. The summed E-state index contributed by atoms with van der Waals surface area (Å²) < 4.78 is 1.07. The van der Waals surface area contributed by atoms with Crippen LogP contribution in [0.3, 0.4) is 0 Å². The minimum Gasteiger partial charge on any atom is -0.506 e. The fraction of sp³-hybridized carbons (Fsp3) is 0.0526. The molecular formula is C19H14ClIN2O2. The van der Waals surface area contributed by atoms with Crippen LogP contribution in [-0.4, -0.2) is 23.8 Å². The summed E-state index contributed by atoms with van der Waals surface area (Å²) in [7, 11) is 0. The van der Waals surface area contributed by atoms with Gasteiger partial charge in [0.25, 0.3) is 5.91 Å². The van der Waals surface area contributed by atoms with E-state index >= 15 is 0 Å². The van der Waals surface area contributed by atoms with Crippen LogP contribution < -0.4 is 5.32 Å². The minimum atomic E-state index is -0.537. The molecule has 2 aromatic rings. The lowest BCUT2D eigenvalue weighted by Gasteiger charge is -2.08. The van der Waals surface area contributed by atoms with E-state index in [0.29, 0.717) is 16.3 Å². The fourth-order valence-corrected chi connectivity index (χ4v) is 2.50. The highest BCUT2D eigenvalue weighted by Crippen LogP contribution is 2.24. The van der Waals surface area contributed by atoms with Gasteiger partial charge in [-0.05, 0) is 59.0 Å². The smallest absolute Gasteiger partial charge is 0.257 e. The quantitative estimate of drug-likeness (QED) is 0.227. The van der Waals surface area contributed by atoms with Crippen LogP contribution in [0.2, 0.25) is 5.02 Å².